The average Bonchev–Trinajstić information content (AvgIpc) is 3.31. The van der Waals surface area contributed by atoms with Crippen LogP contribution < -0.4 is 9.47 Å². The van der Waals surface area contributed by atoms with Crippen LogP contribution in [0.1, 0.15) is 34.0 Å². The number of ether oxygens (including phenoxy) is 2. The maximum absolute atomic E-state index is 13.4. The molecule has 28 heavy (non-hydrogen) atoms. The molecule has 0 aliphatic carbocycles. The van der Waals surface area contributed by atoms with E-state index in [1.807, 2.05) is 53.8 Å². The van der Waals surface area contributed by atoms with Crippen LogP contribution in [0.25, 0.3) is 10.9 Å². The van der Waals surface area contributed by atoms with Gasteiger partial charge in [0.25, 0.3) is 5.91 Å². The number of fused-ring (bicyclic) bond motifs is 1. The van der Waals surface area contributed by atoms with Crippen LogP contribution in [-0.2, 0) is 7.05 Å². The van der Waals surface area contributed by atoms with Gasteiger partial charge in [-0.15, -0.1) is 0 Å². The van der Waals surface area contributed by atoms with Crippen LogP contribution in [0.4, 0.5) is 0 Å². The lowest BCUT2D eigenvalue weighted by Crippen LogP contribution is -2.30. The van der Waals surface area contributed by atoms with Crippen LogP contribution in [0.3, 0.4) is 0 Å². The van der Waals surface area contributed by atoms with Gasteiger partial charge in [0.2, 0.25) is 0 Å². The molecule has 0 spiro atoms. The van der Waals surface area contributed by atoms with Gasteiger partial charge in [-0.2, -0.15) is 0 Å². The van der Waals surface area contributed by atoms with Gasteiger partial charge in [-0.3, -0.25) is 4.79 Å². The Morgan fingerprint density at radius 2 is 1.89 bits per heavy atom. The van der Waals surface area contributed by atoms with Crippen LogP contribution >= 0.6 is 0 Å². The van der Waals surface area contributed by atoms with Crippen molar-refractivity contribution >= 4 is 16.8 Å². The molecule has 1 saturated heterocycles. The second-order valence-electron chi connectivity index (χ2n) is 7.39. The number of benzene rings is 2. The summed E-state index contributed by atoms with van der Waals surface area (Å²) in [5.74, 6) is 2.00. The summed E-state index contributed by atoms with van der Waals surface area (Å²) < 4.78 is 13.0. The number of aryl methyl sites for hydroxylation is 2. The van der Waals surface area contributed by atoms with Crippen molar-refractivity contribution in [2.24, 2.45) is 7.05 Å². The topological polar surface area (TPSA) is 43.7 Å². The molecule has 3 aromatic rings. The molecule has 1 atom stereocenters. The highest BCUT2D eigenvalue weighted by atomic mass is 16.5. The fourth-order valence-electron chi connectivity index (χ4n) is 4.39. The van der Waals surface area contributed by atoms with E-state index in [2.05, 4.69) is 12.1 Å². The summed E-state index contributed by atoms with van der Waals surface area (Å²) in [6, 6.07) is 14.0. The summed E-state index contributed by atoms with van der Waals surface area (Å²) in [6.45, 7) is 3.46. The molecule has 146 valence electrons. The molecule has 1 amide bonds. The summed E-state index contributed by atoms with van der Waals surface area (Å²) in [5.41, 5.74) is 4.02. The van der Waals surface area contributed by atoms with Crippen molar-refractivity contribution in [1.29, 1.82) is 0 Å². The van der Waals surface area contributed by atoms with E-state index in [1.165, 1.54) is 0 Å². The maximum atomic E-state index is 13.4. The first kappa shape index (κ1) is 18.4. The van der Waals surface area contributed by atoms with E-state index in [1.54, 1.807) is 14.2 Å². The van der Waals surface area contributed by atoms with Crippen molar-refractivity contribution < 1.29 is 14.3 Å². The fraction of sp³-hybridized carbons (Fsp3) is 0.348. The molecule has 2 heterocycles. The highest BCUT2D eigenvalue weighted by Gasteiger charge is 2.32. The van der Waals surface area contributed by atoms with Gasteiger partial charge in [0.15, 0.2) is 0 Å². The SMILES string of the molecule is COc1ccc(OC)c([C@@H]2CCN(C(=O)c3c(C)c4ccccc4n3C)C2)c1. The summed E-state index contributed by atoms with van der Waals surface area (Å²) in [7, 11) is 5.32. The van der Waals surface area contributed by atoms with Crippen LogP contribution in [0.2, 0.25) is 0 Å². The third kappa shape index (κ3) is 2.91. The van der Waals surface area contributed by atoms with E-state index in [4.69, 9.17) is 9.47 Å². The molecule has 0 saturated carbocycles. The Kier molecular flexibility index (Phi) is 4.75. The summed E-state index contributed by atoms with van der Waals surface area (Å²) in [6.07, 6.45) is 0.915. The zero-order valence-electron chi connectivity index (χ0n) is 16.9. The fourth-order valence-corrected chi connectivity index (χ4v) is 4.39. The largest absolute Gasteiger partial charge is 0.497 e. The van der Waals surface area contributed by atoms with Crippen molar-refractivity contribution in [3.05, 3.63) is 59.3 Å². The standard InChI is InChI=1S/C23H26N2O3/c1-15-18-7-5-6-8-20(18)24(2)22(15)23(26)25-12-11-16(14-25)19-13-17(27-3)9-10-21(19)28-4/h5-10,13,16H,11-12,14H2,1-4H3/t16-/m1/s1. The van der Waals surface area contributed by atoms with Crippen LogP contribution in [-0.4, -0.2) is 42.7 Å². The quantitative estimate of drug-likeness (QED) is 0.686. The van der Waals surface area contributed by atoms with Gasteiger partial charge in [-0.25, -0.2) is 0 Å². The molecule has 5 heteroatoms. The van der Waals surface area contributed by atoms with Crippen molar-refractivity contribution in [1.82, 2.24) is 9.47 Å². The Balaban J connectivity index is 1.63. The number of methoxy groups -OCH3 is 2. The number of nitrogens with zero attached hydrogens (tertiary/aromatic N) is 2. The molecule has 0 N–H and O–H groups in total. The van der Waals surface area contributed by atoms with Crippen molar-refractivity contribution in [2.75, 3.05) is 27.3 Å². The Bertz CT molecular complexity index is 999. The third-order valence-corrected chi connectivity index (χ3v) is 5.91. The van der Waals surface area contributed by atoms with Crippen molar-refractivity contribution in [3.63, 3.8) is 0 Å². The Labute approximate surface area is 165 Å². The summed E-state index contributed by atoms with van der Waals surface area (Å²) in [4.78, 5) is 15.3. The van der Waals surface area contributed by atoms with Crippen LogP contribution in [0.5, 0.6) is 11.5 Å². The van der Waals surface area contributed by atoms with Gasteiger partial charge in [0, 0.05) is 42.5 Å². The molecule has 1 fully saturated rings. The first-order chi connectivity index (χ1) is 13.5. The molecule has 5 nitrogen and oxygen atoms in total. The monoisotopic (exact) mass is 378 g/mol. The number of para-hydroxylation sites is 1. The molecule has 1 aromatic heterocycles. The molecule has 0 unspecified atom stereocenters. The number of amides is 1. The van der Waals surface area contributed by atoms with E-state index < -0.39 is 0 Å². The molecule has 0 bridgehead atoms. The van der Waals surface area contributed by atoms with Gasteiger partial charge in [0.05, 0.1) is 14.2 Å². The second kappa shape index (κ2) is 7.23. The zero-order valence-corrected chi connectivity index (χ0v) is 16.9. The van der Waals surface area contributed by atoms with Gasteiger partial charge < -0.3 is 18.9 Å². The third-order valence-electron chi connectivity index (χ3n) is 5.91. The number of carbonyl (C=O) groups excluding carboxylic acids is 1. The molecule has 1 aliphatic rings. The number of aromatic nitrogens is 1. The van der Waals surface area contributed by atoms with Crippen LogP contribution in [0.15, 0.2) is 42.5 Å². The molecule has 2 aromatic carbocycles. The lowest BCUT2D eigenvalue weighted by molar-refractivity contribution is 0.0781. The first-order valence-corrected chi connectivity index (χ1v) is 9.60. The Morgan fingerprint density at radius 3 is 2.61 bits per heavy atom. The van der Waals surface area contributed by atoms with Gasteiger partial charge in [0.1, 0.15) is 17.2 Å². The van der Waals surface area contributed by atoms with E-state index in [9.17, 15) is 4.79 Å². The maximum Gasteiger partial charge on any atom is 0.270 e. The van der Waals surface area contributed by atoms with E-state index in [0.717, 1.165) is 52.2 Å². The molecule has 0 radical (unpaired) electrons. The first-order valence-electron chi connectivity index (χ1n) is 9.60. The van der Waals surface area contributed by atoms with Crippen LogP contribution in [0, 0.1) is 6.92 Å². The predicted molar refractivity (Wildman–Crippen MR) is 110 cm³/mol. The lowest BCUT2D eigenvalue weighted by Gasteiger charge is -2.19. The van der Waals surface area contributed by atoms with E-state index in [0.29, 0.717) is 6.54 Å². The smallest absolute Gasteiger partial charge is 0.270 e. The highest BCUT2D eigenvalue weighted by Crippen LogP contribution is 2.37. The number of rotatable bonds is 4. The Hall–Kier alpha value is -2.95. The average molecular weight is 378 g/mol. The number of carbonyl (C=O) groups is 1. The van der Waals surface area contributed by atoms with Gasteiger partial charge in [-0.1, -0.05) is 18.2 Å². The molecular weight excluding hydrogens is 352 g/mol. The second-order valence-corrected chi connectivity index (χ2v) is 7.39. The molecule has 4 rings (SSSR count). The minimum absolute atomic E-state index is 0.0977. The summed E-state index contributed by atoms with van der Waals surface area (Å²) in [5, 5.41) is 1.14. The molecule has 1 aliphatic heterocycles. The predicted octanol–water partition coefficient (Wildman–Crippen LogP) is 4.13. The highest BCUT2D eigenvalue weighted by molar-refractivity contribution is 6.01. The van der Waals surface area contributed by atoms with Crippen molar-refractivity contribution in [3.8, 4) is 11.5 Å². The molecular formula is C23H26N2O3. The van der Waals surface area contributed by atoms with E-state index in [-0.39, 0.29) is 11.8 Å². The van der Waals surface area contributed by atoms with Gasteiger partial charge in [-0.05, 0) is 43.2 Å². The summed E-state index contributed by atoms with van der Waals surface area (Å²) >= 11 is 0. The number of hydrogen-bond donors (Lipinski definition) is 0. The van der Waals surface area contributed by atoms with Crippen molar-refractivity contribution in [2.45, 2.75) is 19.3 Å². The number of likely N-dealkylation sites (tertiary alicyclic amines) is 1. The Morgan fingerprint density at radius 1 is 1.11 bits per heavy atom. The zero-order chi connectivity index (χ0) is 19.8. The normalized spacial score (nSPS) is 16.6. The van der Waals surface area contributed by atoms with E-state index >= 15 is 0 Å². The minimum Gasteiger partial charge on any atom is -0.497 e. The minimum atomic E-state index is 0.0977. The number of hydrogen-bond acceptors (Lipinski definition) is 3. The van der Waals surface area contributed by atoms with Gasteiger partial charge >= 0.3 is 0 Å². The lowest BCUT2D eigenvalue weighted by atomic mass is 9.97.